The average molecular weight is 297 g/mol. The first-order chi connectivity index (χ1) is 9.95. The van der Waals surface area contributed by atoms with Crippen LogP contribution in [0.5, 0.6) is 0 Å². The maximum Gasteiger partial charge on any atom is 0.0729 e. The van der Waals surface area contributed by atoms with Crippen molar-refractivity contribution in [3.63, 3.8) is 0 Å². The van der Waals surface area contributed by atoms with Crippen LogP contribution in [-0.4, -0.2) is 38.0 Å². The van der Waals surface area contributed by atoms with Crippen molar-refractivity contribution in [1.82, 2.24) is 5.32 Å². The zero-order valence-corrected chi connectivity index (χ0v) is 14.5. The Kier molecular flexibility index (Phi) is 6.10. The Morgan fingerprint density at radius 2 is 1.90 bits per heavy atom. The largest absolute Gasteiger partial charge is 0.381 e. The zero-order chi connectivity index (χ0) is 15.3. The molecule has 1 spiro atoms. The summed E-state index contributed by atoms with van der Waals surface area (Å²) in [6, 6.07) is 0.621. The smallest absolute Gasteiger partial charge is 0.0729 e. The summed E-state index contributed by atoms with van der Waals surface area (Å²) >= 11 is 0. The van der Waals surface area contributed by atoms with Gasteiger partial charge < -0.3 is 14.8 Å². The van der Waals surface area contributed by atoms with Gasteiger partial charge in [0, 0.05) is 25.9 Å². The molecule has 2 unspecified atom stereocenters. The summed E-state index contributed by atoms with van der Waals surface area (Å²) < 4.78 is 11.7. The molecule has 0 amide bonds. The molecule has 0 radical (unpaired) electrons. The molecule has 0 saturated carbocycles. The summed E-state index contributed by atoms with van der Waals surface area (Å²) in [6.07, 6.45) is 7.30. The normalized spacial score (nSPS) is 27.7. The van der Waals surface area contributed by atoms with Crippen LogP contribution in [0.3, 0.4) is 0 Å². The Hall–Kier alpha value is -0.120. The molecule has 2 rings (SSSR count). The second-order valence-electron chi connectivity index (χ2n) is 8.06. The molecule has 2 aliphatic heterocycles. The van der Waals surface area contributed by atoms with E-state index in [0.29, 0.717) is 11.5 Å². The average Bonchev–Trinajstić information content (AvgIpc) is 2.43. The standard InChI is InChI=1S/C18H35NO2/c1-5-19-16(17(2,3)4)7-6-15-8-11-21-18(14-15)9-12-20-13-10-18/h15-16,19H,5-14H2,1-4H3. The van der Waals surface area contributed by atoms with Gasteiger partial charge in [-0.2, -0.15) is 0 Å². The molecule has 0 bridgehead atoms. The van der Waals surface area contributed by atoms with E-state index in [2.05, 4.69) is 33.0 Å². The molecule has 21 heavy (non-hydrogen) atoms. The number of nitrogens with one attached hydrogen (secondary N) is 1. The summed E-state index contributed by atoms with van der Waals surface area (Å²) in [4.78, 5) is 0. The first-order valence-corrected chi connectivity index (χ1v) is 8.90. The number of hydrogen-bond donors (Lipinski definition) is 1. The van der Waals surface area contributed by atoms with E-state index in [1.54, 1.807) is 0 Å². The highest BCUT2D eigenvalue weighted by Gasteiger charge is 2.39. The van der Waals surface area contributed by atoms with Gasteiger partial charge in [0.25, 0.3) is 0 Å². The van der Waals surface area contributed by atoms with Crippen molar-refractivity contribution in [3.8, 4) is 0 Å². The van der Waals surface area contributed by atoms with Crippen LogP contribution in [0.15, 0.2) is 0 Å². The minimum absolute atomic E-state index is 0.149. The number of hydrogen-bond acceptors (Lipinski definition) is 3. The third-order valence-electron chi connectivity index (χ3n) is 5.36. The van der Waals surface area contributed by atoms with Gasteiger partial charge in [0.05, 0.1) is 5.60 Å². The van der Waals surface area contributed by atoms with Crippen molar-refractivity contribution in [2.75, 3.05) is 26.4 Å². The molecular formula is C18H35NO2. The first kappa shape index (κ1) is 17.2. The van der Waals surface area contributed by atoms with Crippen LogP contribution >= 0.6 is 0 Å². The monoisotopic (exact) mass is 297 g/mol. The topological polar surface area (TPSA) is 30.5 Å². The predicted molar refractivity (Wildman–Crippen MR) is 87.6 cm³/mol. The molecule has 2 fully saturated rings. The van der Waals surface area contributed by atoms with Crippen molar-refractivity contribution in [1.29, 1.82) is 0 Å². The van der Waals surface area contributed by atoms with E-state index in [1.807, 2.05) is 0 Å². The van der Waals surface area contributed by atoms with Gasteiger partial charge in [-0.3, -0.25) is 0 Å². The summed E-state index contributed by atoms with van der Waals surface area (Å²) in [5.41, 5.74) is 0.494. The lowest BCUT2D eigenvalue weighted by Crippen LogP contribution is -2.45. The fraction of sp³-hybridized carbons (Fsp3) is 1.00. The van der Waals surface area contributed by atoms with Crippen LogP contribution < -0.4 is 5.32 Å². The van der Waals surface area contributed by atoms with E-state index in [4.69, 9.17) is 9.47 Å². The van der Waals surface area contributed by atoms with E-state index in [-0.39, 0.29) is 5.60 Å². The number of ether oxygens (including phenoxy) is 2. The predicted octanol–water partition coefficient (Wildman–Crippen LogP) is 3.77. The number of rotatable bonds is 5. The summed E-state index contributed by atoms with van der Waals surface area (Å²) in [5.74, 6) is 0.834. The van der Waals surface area contributed by atoms with Crippen molar-refractivity contribution in [2.45, 2.75) is 77.9 Å². The van der Waals surface area contributed by atoms with E-state index in [9.17, 15) is 0 Å². The van der Waals surface area contributed by atoms with Gasteiger partial charge in [0.2, 0.25) is 0 Å². The van der Waals surface area contributed by atoms with E-state index < -0.39 is 0 Å². The van der Waals surface area contributed by atoms with Crippen LogP contribution in [0.25, 0.3) is 0 Å². The lowest BCUT2D eigenvalue weighted by molar-refractivity contribution is -0.147. The van der Waals surface area contributed by atoms with Crippen LogP contribution in [0, 0.1) is 11.3 Å². The minimum Gasteiger partial charge on any atom is -0.381 e. The summed E-state index contributed by atoms with van der Waals surface area (Å²) in [6.45, 7) is 13.1. The van der Waals surface area contributed by atoms with Crippen molar-refractivity contribution in [2.24, 2.45) is 11.3 Å². The van der Waals surface area contributed by atoms with Gasteiger partial charge in [-0.05, 0) is 56.4 Å². The van der Waals surface area contributed by atoms with E-state index in [1.165, 1.54) is 25.7 Å². The van der Waals surface area contributed by atoms with Crippen molar-refractivity contribution >= 4 is 0 Å². The maximum absolute atomic E-state index is 6.16. The molecule has 2 atom stereocenters. The van der Waals surface area contributed by atoms with Gasteiger partial charge in [-0.25, -0.2) is 0 Å². The maximum atomic E-state index is 6.16. The Bertz CT molecular complexity index is 299. The molecule has 0 aromatic carbocycles. The molecule has 3 nitrogen and oxygen atoms in total. The Labute approximate surface area is 131 Å². The Balaban J connectivity index is 1.84. The summed E-state index contributed by atoms with van der Waals surface area (Å²) in [5, 5.41) is 3.68. The minimum atomic E-state index is 0.149. The van der Waals surface area contributed by atoms with Crippen molar-refractivity contribution < 1.29 is 9.47 Å². The molecule has 2 aliphatic rings. The Morgan fingerprint density at radius 3 is 2.52 bits per heavy atom. The van der Waals surface area contributed by atoms with Gasteiger partial charge >= 0.3 is 0 Å². The lowest BCUT2D eigenvalue weighted by Gasteiger charge is -2.44. The molecule has 2 heterocycles. The van der Waals surface area contributed by atoms with Crippen LogP contribution in [0.1, 0.15) is 66.2 Å². The van der Waals surface area contributed by atoms with Crippen LogP contribution in [-0.2, 0) is 9.47 Å². The Morgan fingerprint density at radius 1 is 1.19 bits per heavy atom. The third-order valence-corrected chi connectivity index (χ3v) is 5.36. The lowest BCUT2D eigenvalue weighted by atomic mass is 9.76. The van der Waals surface area contributed by atoms with Gasteiger partial charge in [0.1, 0.15) is 0 Å². The van der Waals surface area contributed by atoms with Gasteiger partial charge in [-0.15, -0.1) is 0 Å². The highest BCUT2D eigenvalue weighted by atomic mass is 16.5. The highest BCUT2D eigenvalue weighted by molar-refractivity contribution is 4.90. The molecule has 0 aromatic rings. The second kappa shape index (κ2) is 7.43. The molecule has 124 valence electrons. The molecule has 2 saturated heterocycles. The quantitative estimate of drug-likeness (QED) is 0.838. The molecule has 1 N–H and O–H groups in total. The SMILES string of the molecule is CCNC(CCC1CCOC2(CCOCC2)C1)C(C)(C)C. The second-order valence-corrected chi connectivity index (χ2v) is 8.06. The van der Waals surface area contributed by atoms with Crippen LogP contribution in [0.2, 0.25) is 0 Å². The fourth-order valence-corrected chi connectivity index (χ4v) is 3.96. The van der Waals surface area contributed by atoms with E-state index >= 15 is 0 Å². The first-order valence-electron chi connectivity index (χ1n) is 8.90. The molecule has 3 heteroatoms. The fourth-order valence-electron chi connectivity index (χ4n) is 3.96. The summed E-state index contributed by atoms with van der Waals surface area (Å²) in [7, 11) is 0. The third kappa shape index (κ3) is 4.94. The molecule has 0 aromatic heterocycles. The highest BCUT2D eigenvalue weighted by Crippen LogP contribution is 2.39. The zero-order valence-electron chi connectivity index (χ0n) is 14.5. The van der Waals surface area contributed by atoms with Crippen molar-refractivity contribution in [3.05, 3.63) is 0 Å². The van der Waals surface area contributed by atoms with Gasteiger partial charge in [0.15, 0.2) is 0 Å². The van der Waals surface area contributed by atoms with Crippen LogP contribution in [0.4, 0.5) is 0 Å². The molecular weight excluding hydrogens is 262 g/mol. The van der Waals surface area contributed by atoms with E-state index in [0.717, 1.165) is 45.1 Å². The van der Waals surface area contributed by atoms with Gasteiger partial charge in [-0.1, -0.05) is 27.7 Å². The molecule has 0 aliphatic carbocycles.